The highest BCUT2D eigenvalue weighted by Crippen LogP contribution is 2.36. The molecular weight excluding hydrogens is 421 g/mol. The van der Waals surface area contributed by atoms with Gasteiger partial charge in [0, 0.05) is 11.8 Å². The van der Waals surface area contributed by atoms with Crippen LogP contribution in [-0.2, 0) is 11.0 Å². The van der Waals surface area contributed by atoms with Gasteiger partial charge in [-0.1, -0.05) is 24.3 Å². The first kappa shape index (κ1) is 21.2. The first-order valence-electron chi connectivity index (χ1n) is 8.58. The van der Waals surface area contributed by atoms with E-state index in [0.29, 0.717) is 0 Å². The molecule has 2 aromatic rings. The summed E-state index contributed by atoms with van der Waals surface area (Å²) >= 11 is 5.10. The Hall–Kier alpha value is -3.47. The van der Waals surface area contributed by atoms with Crippen molar-refractivity contribution in [2.75, 3.05) is 5.32 Å². The minimum absolute atomic E-state index is 0.0186. The fraction of sp³-hybridized carbons (Fsp3) is 0.158. The lowest BCUT2D eigenvalue weighted by atomic mass is 9.93. The van der Waals surface area contributed by atoms with Gasteiger partial charge >= 0.3 is 6.18 Å². The SMILES string of the molecule is CC1=C(C(=O)Nc2ccccc2C(F)(F)F)[C@@H](c2ccccc2[N+](=O)[O-])NC(=S)N1. The molecule has 3 rings (SSSR count). The van der Waals surface area contributed by atoms with Crippen LogP contribution in [0, 0.1) is 10.1 Å². The fourth-order valence-corrected chi connectivity index (χ4v) is 3.43. The first-order chi connectivity index (χ1) is 14.1. The number of hydrogen-bond donors (Lipinski definition) is 3. The lowest BCUT2D eigenvalue weighted by Gasteiger charge is -2.30. The van der Waals surface area contributed by atoms with Gasteiger partial charge in [0.15, 0.2) is 5.11 Å². The summed E-state index contributed by atoms with van der Waals surface area (Å²) in [6, 6.07) is 9.27. The number of nitro benzene ring substituents is 1. The molecule has 0 aliphatic carbocycles. The second-order valence-electron chi connectivity index (χ2n) is 6.38. The summed E-state index contributed by atoms with van der Waals surface area (Å²) < 4.78 is 39.8. The molecule has 0 aromatic heterocycles. The Labute approximate surface area is 174 Å². The van der Waals surface area contributed by atoms with Gasteiger partial charge in [-0.25, -0.2) is 0 Å². The summed E-state index contributed by atoms with van der Waals surface area (Å²) in [6.07, 6.45) is -4.67. The molecule has 0 unspecified atom stereocenters. The van der Waals surface area contributed by atoms with Gasteiger partial charge < -0.3 is 16.0 Å². The predicted octanol–water partition coefficient (Wildman–Crippen LogP) is 4.05. The van der Waals surface area contributed by atoms with Crippen LogP contribution in [0.15, 0.2) is 59.8 Å². The molecule has 30 heavy (non-hydrogen) atoms. The van der Waals surface area contributed by atoms with Crippen molar-refractivity contribution in [2.24, 2.45) is 0 Å². The third-order valence-corrected chi connectivity index (χ3v) is 4.66. The van der Waals surface area contributed by atoms with Crippen LogP contribution in [0.4, 0.5) is 24.5 Å². The second-order valence-corrected chi connectivity index (χ2v) is 6.79. The Kier molecular flexibility index (Phi) is 5.74. The number of amides is 1. The zero-order valence-electron chi connectivity index (χ0n) is 15.4. The maximum atomic E-state index is 13.3. The number of carbonyl (C=O) groups is 1. The van der Waals surface area contributed by atoms with Crippen LogP contribution in [0.5, 0.6) is 0 Å². The topological polar surface area (TPSA) is 96.3 Å². The van der Waals surface area contributed by atoms with E-state index in [-0.39, 0.29) is 27.6 Å². The van der Waals surface area contributed by atoms with Crippen LogP contribution in [-0.4, -0.2) is 15.9 Å². The van der Waals surface area contributed by atoms with Crippen LogP contribution in [0.1, 0.15) is 24.1 Å². The molecule has 0 radical (unpaired) electrons. The lowest BCUT2D eigenvalue weighted by Crippen LogP contribution is -2.46. The zero-order valence-corrected chi connectivity index (χ0v) is 16.2. The van der Waals surface area contributed by atoms with Crippen LogP contribution >= 0.6 is 12.2 Å². The van der Waals surface area contributed by atoms with E-state index in [9.17, 15) is 28.1 Å². The summed E-state index contributed by atoms with van der Waals surface area (Å²) in [6.45, 7) is 1.51. The molecule has 1 atom stereocenters. The monoisotopic (exact) mass is 436 g/mol. The van der Waals surface area contributed by atoms with Crippen LogP contribution in [0.3, 0.4) is 0 Å². The molecular formula is C19H15F3N4O3S. The predicted molar refractivity (Wildman–Crippen MR) is 107 cm³/mol. The van der Waals surface area contributed by atoms with Crippen molar-refractivity contribution >= 4 is 34.6 Å². The number of halogens is 3. The van der Waals surface area contributed by atoms with E-state index in [1.54, 1.807) is 6.07 Å². The summed E-state index contributed by atoms with van der Waals surface area (Å²) in [4.78, 5) is 23.8. The van der Waals surface area contributed by atoms with Crippen LogP contribution in [0.25, 0.3) is 0 Å². The van der Waals surface area contributed by atoms with Crippen molar-refractivity contribution in [2.45, 2.75) is 19.1 Å². The van der Waals surface area contributed by atoms with Gasteiger partial charge in [-0.05, 0) is 37.3 Å². The minimum Gasteiger partial charge on any atom is -0.351 e. The molecule has 0 saturated heterocycles. The quantitative estimate of drug-likeness (QED) is 0.380. The van der Waals surface area contributed by atoms with E-state index in [0.717, 1.165) is 12.1 Å². The molecule has 2 aromatic carbocycles. The Morgan fingerprint density at radius 2 is 1.80 bits per heavy atom. The number of nitro groups is 1. The average Bonchev–Trinajstić information content (AvgIpc) is 2.66. The highest BCUT2D eigenvalue weighted by Gasteiger charge is 2.36. The summed E-state index contributed by atoms with van der Waals surface area (Å²) in [7, 11) is 0. The molecule has 0 spiro atoms. The van der Waals surface area contributed by atoms with Crippen molar-refractivity contribution in [3.8, 4) is 0 Å². The molecule has 7 nitrogen and oxygen atoms in total. The van der Waals surface area contributed by atoms with Crippen molar-refractivity contribution in [1.29, 1.82) is 0 Å². The van der Waals surface area contributed by atoms with E-state index >= 15 is 0 Å². The Morgan fingerprint density at radius 1 is 1.17 bits per heavy atom. The number of para-hydroxylation sites is 2. The first-order valence-corrected chi connectivity index (χ1v) is 8.99. The second kappa shape index (κ2) is 8.11. The molecule has 0 saturated carbocycles. The van der Waals surface area contributed by atoms with Crippen LogP contribution in [0.2, 0.25) is 0 Å². The molecule has 1 aliphatic heterocycles. The summed E-state index contributed by atoms with van der Waals surface area (Å²) in [5.74, 6) is -0.852. The lowest BCUT2D eigenvalue weighted by molar-refractivity contribution is -0.385. The van der Waals surface area contributed by atoms with Gasteiger partial charge in [0.2, 0.25) is 0 Å². The molecule has 3 N–H and O–H groups in total. The Morgan fingerprint density at radius 3 is 2.47 bits per heavy atom. The number of allylic oxidation sites excluding steroid dienone is 1. The van der Waals surface area contributed by atoms with Crippen molar-refractivity contribution < 1.29 is 22.9 Å². The van der Waals surface area contributed by atoms with E-state index in [1.165, 1.54) is 37.3 Å². The van der Waals surface area contributed by atoms with E-state index in [1.807, 2.05) is 0 Å². The highest BCUT2D eigenvalue weighted by molar-refractivity contribution is 7.80. The number of anilines is 1. The summed E-state index contributed by atoms with van der Waals surface area (Å²) in [5, 5.41) is 19.4. The van der Waals surface area contributed by atoms with E-state index in [4.69, 9.17) is 12.2 Å². The zero-order chi connectivity index (χ0) is 22.1. The smallest absolute Gasteiger partial charge is 0.351 e. The third kappa shape index (κ3) is 4.25. The van der Waals surface area contributed by atoms with Gasteiger partial charge in [-0.15, -0.1) is 0 Å². The van der Waals surface area contributed by atoms with Crippen molar-refractivity contribution in [3.05, 3.63) is 81.0 Å². The number of thiocarbonyl (C=S) groups is 1. The normalized spacial score (nSPS) is 16.5. The fourth-order valence-electron chi connectivity index (χ4n) is 3.15. The molecule has 11 heteroatoms. The van der Waals surface area contributed by atoms with Gasteiger partial charge in [0.05, 0.1) is 33.4 Å². The van der Waals surface area contributed by atoms with Gasteiger partial charge in [-0.3, -0.25) is 14.9 Å². The number of benzene rings is 2. The van der Waals surface area contributed by atoms with E-state index in [2.05, 4.69) is 16.0 Å². The highest BCUT2D eigenvalue weighted by atomic mass is 32.1. The molecule has 156 valence electrons. The molecule has 1 amide bonds. The molecule has 1 heterocycles. The third-order valence-electron chi connectivity index (χ3n) is 4.44. The number of hydrogen-bond acceptors (Lipinski definition) is 4. The molecule has 0 fully saturated rings. The maximum Gasteiger partial charge on any atom is 0.418 e. The maximum absolute atomic E-state index is 13.3. The number of carbonyl (C=O) groups excluding carboxylic acids is 1. The number of nitrogens with one attached hydrogen (secondary N) is 3. The van der Waals surface area contributed by atoms with Gasteiger partial charge in [0.25, 0.3) is 11.6 Å². The van der Waals surface area contributed by atoms with Gasteiger partial charge in [-0.2, -0.15) is 13.2 Å². The summed E-state index contributed by atoms with van der Waals surface area (Å²) in [5.41, 5.74) is -1.29. The number of alkyl halides is 3. The number of rotatable bonds is 4. The Bertz CT molecular complexity index is 1070. The molecule has 1 aliphatic rings. The van der Waals surface area contributed by atoms with Gasteiger partial charge in [0.1, 0.15) is 0 Å². The van der Waals surface area contributed by atoms with Crippen molar-refractivity contribution in [3.63, 3.8) is 0 Å². The Balaban J connectivity index is 2.05. The standard InChI is InChI=1S/C19H15F3N4O3S/c1-10-15(17(27)24-13-8-4-3-7-12(13)19(20,21)22)16(25-18(30)23-10)11-6-2-5-9-14(11)26(28)29/h2-9,16H,1H3,(H,24,27)(H2,23,25,30)/t16-/m1/s1. The van der Waals surface area contributed by atoms with E-state index < -0.39 is 34.3 Å². The molecule has 0 bridgehead atoms. The largest absolute Gasteiger partial charge is 0.418 e. The number of nitrogens with zero attached hydrogens (tertiary/aromatic N) is 1. The minimum atomic E-state index is -4.67. The van der Waals surface area contributed by atoms with Crippen molar-refractivity contribution in [1.82, 2.24) is 10.6 Å². The average molecular weight is 436 g/mol. The van der Waals surface area contributed by atoms with Crippen LogP contribution < -0.4 is 16.0 Å².